The number of carbonyl (C=O) groups excluding carboxylic acids is 2. The van der Waals surface area contributed by atoms with Crippen molar-refractivity contribution in [3.05, 3.63) is 105 Å². The highest BCUT2D eigenvalue weighted by Crippen LogP contribution is 2.34. The smallest absolute Gasteiger partial charge is 0.271 e. The number of fused-ring (bicyclic) bond motifs is 1. The van der Waals surface area contributed by atoms with Crippen LogP contribution in [-0.4, -0.2) is 21.6 Å². The first-order valence-electron chi connectivity index (χ1n) is 9.92. The van der Waals surface area contributed by atoms with Gasteiger partial charge in [0.1, 0.15) is 0 Å². The van der Waals surface area contributed by atoms with Gasteiger partial charge in [0.15, 0.2) is 0 Å². The third-order valence-electron chi connectivity index (χ3n) is 5.41. The molecule has 0 unspecified atom stereocenters. The summed E-state index contributed by atoms with van der Waals surface area (Å²) in [6.45, 7) is 2.41. The van der Waals surface area contributed by atoms with E-state index < -0.39 is 11.0 Å². The van der Waals surface area contributed by atoms with Crippen molar-refractivity contribution in [2.75, 3.05) is 5.32 Å². The fourth-order valence-electron chi connectivity index (χ4n) is 3.81. The number of hydrogen-bond acceptors (Lipinski definition) is 4. The quantitative estimate of drug-likeness (QED) is 0.469. The van der Waals surface area contributed by atoms with E-state index in [1.54, 1.807) is 17.0 Å². The number of nitrogens with zero attached hydrogens (tertiary/aromatic N) is 2. The molecule has 1 N–H and O–H groups in total. The lowest BCUT2D eigenvalue weighted by Crippen LogP contribution is -2.32. The Kier molecular flexibility index (Phi) is 5.49. The highest BCUT2D eigenvalue weighted by Gasteiger charge is 2.34. The minimum Gasteiger partial charge on any atom is -0.327 e. The SMILES string of the molecule is Cc1ccc([C@H](CC(=O)Nc2cccc([N+](=O)[O-])c2)N2Cc3ccccc3C2=O)cc1. The number of aryl methyl sites for hydroxylation is 1. The van der Waals surface area contributed by atoms with Crippen LogP contribution < -0.4 is 5.32 Å². The highest BCUT2D eigenvalue weighted by atomic mass is 16.6. The molecule has 7 nitrogen and oxygen atoms in total. The number of carbonyl (C=O) groups is 2. The first kappa shape index (κ1) is 20.3. The second-order valence-corrected chi connectivity index (χ2v) is 7.58. The lowest BCUT2D eigenvalue weighted by Gasteiger charge is -2.28. The topological polar surface area (TPSA) is 92.5 Å². The molecule has 0 spiro atoms. The minimum atomic E-state index is -0.509. The van der Waals surface area contributed by atoms with Crippen molar-refractivity contribution in [2.45, 2.75) is 25.9 Å². The zero-order valence-electron chi connectivity index (χ0n) is 16.9. The Hall–Kier alpha value is -4.00. The molecule has 0 saturated heterocycles. The van der Waals surface area contributed by atoms with E-state index in [0.29, 0.717) is 17.8 Å². The van der Waals surface area contributed by atoms with Crippen LogP contribution in [0.2, 0.25) is 0 Å². The van der Waals surface area contributed by atoms with E-state index >= 15 is 0 Å². The van der Waals surface area contributed by atoms with Gasteiger partial charge in [0.05, 0.1) is 17.4 Å². The van der Waals surface area contributed by atoms with Crippen LogP contribution in [0.4, 0.5) is 11.4 Å². The Morgan fingerprint density at radius 3 is 2.55 bits per heavy atom. The maximum atomic E-state index is 13.1. The molecule has 0 bridgehead atoms. The molecule has 156 valence electrons. The molecule has 3 aromatic carbocycles. The number of non-ortho nitro benzene ring substituents is 1. The molecular formula is C24H21N3O4. The van der Waals surface area contributed by atoms with Crippen LogP contribution in [-0.2, 0) is 11.3 Å². The molecular weight excluding hydrogens is 394 g/mol. The maximum Gasteiger partial charge on any atom is 0.271 e. The molecule has 0 radical (unpaired) electrons. The Balaban J connectivity index is 1.59. The van der Waals surface area contributed by atoms with Gasteiger partial charge < -0.3 is 10.2 Å². The van der Waals surface area contributed by atoms with Crippen LogP contribution >= 0.6 is 0 Å². The lowest BCUT2D eigenvalue weighted by molar-refractivity contribution is -0.384. The average molecular weight is 415 g/mol. The second-order valence-electron chi connectivity index (χ2n) is 7.58. The molecule has 0 fully saturated rings. The van der Waals surface area contributed by atoms with Gasteiger partial charge in [-0.15, -0.1) is 0 Å². The lowest BCUT2D eigenvalue weighted by atomic mass is 10.00. The Morgan fingerprint density at radius 2 is 1.84 bits per heavy atom. The van der Waals surface area contributed by atoms with Gasteiger partial charge in [-0.2, -0.15) is 0 Å². The van der Waals surface area contributed by atoms with Gasteiger partial charge in [0, 0.05) is 29.9 Å². The average Bonchev–Trinajstić information content (AvgIpc) is 3.09. The molecule has 1 heterocycles. The normalized spacial score (nSPS) is 13.6. The summed E-state index contributed by atoms with van der Waals surface area (Å²) in [4.78, 5) is 38.1. The van der Waals surface area contributed by atoms with Crippen LogP contribution in [0.3, 0.4) is 0 Å². The van der Waals surface area contributed by atoms with Crippen molar-refractivity contribution >= 4 is 23.2 Å². The van der Waals surface area contributed by atoms with Crippen LogP contribution in [0.25, 0.3) is 0 Å². The fourth-order valence-corrected chi connectivity index (χ4v) is 3.81. The number of benzene rings is 3. The van der Waals surface area contributed by atoms with Crippen LogP contribution in [0.1, 0.15) is 39.5 Å². The number of amides is 2. The van der Waals surface area contributed by atoms with Gasteiger partial charge >= 0.3 is 0 Å². The van der Waals surface area contributed by atoms with Crippen molar-refractivity contribution < 1.29 is 14.5 Å². The highest BCUT2D eigenvalue weighted by molar-refractivity contribution is 5.99. The number of rotatable bonds is 6. The monoisotopic (exact) mass is 415 g/mol. The van der Waals surface area contributed by atoms with E-state index in [4.69, 9.17) is 0 Å². The molecule has 0 aliphatic carbocycles. The number of anilines is 1. The van der Waals surface area contributed by atoms with Gasteiger partial charge in [-0.1, -0.05) is 54.1 Å². The van der Waals surface area contributed by atoms with E-state index in [-0.39, 0.29) is 23.9 Å². The molecule has 31 heavy (non-hydrogen) atoms. The van der Waals surface area contributed by atoms with E-state index in [0.717, 1.165) is 16.7 Å². The van der Waals surface area contributed by atoms with Gasteiger partial charge in [-0.25, -0.2) is 0 Å². The van der Waals surface area contributed by atoms with Gasteiger partial charge in [-0.3, -0.25) is 19.7 Å². The van der Waals surface area contributed by atoms with Gasteiger partial charge in [-0.05, 0) is 30.2 Å². The Labute approximate surface area is 179 Å². The summed E-state index contributed by atoms with van der Waals surface area (Å²) >= 11 is 0. The fraction of sp³-hybridized carbons (Fsp3) is 0.167. The third kappa shape index (κ3) is 4.30. The Morgan fingerprint density at radius 1 is 1.10 bits per heavy atom. The van der Waals surface area contributed by atoms with Gasteiger partial charge in [0.2, 0.25) is 5.91 Å². The van der Waals surface area contributed by atoms with Crippen molar-refractivity contribution in [3.63, 3.8) is 0 Å². The number of nitro benzene ring substituents is 1. The first-order chi connectivity index (χ1) is 14.9. The standard InChI is InChI=1S/C24H21N3O4/c1-16-9-11-17(12-10-16)22(26-15-18-5-2-3-8-21(18)24(26)29)14-23(28)25-19-6-4-7-20(13-19)27(30)31/h2-13,22H,14-15H2,1H3,(H,25,28)/t22-/m0/s1. The molecule has 0 saturated carbocycles. The summed E-state index contributed by atoms with van der Waals surface area (Å²) < 4.78 is 0. The second kappa shape index (κ2) is 8.39. The number of nitro groups is 1. The number of hydrogen-bond donors (Lipinski definition) is 1. The minimum absolute atomic E-state index is 0.0332. The molecule has 1 atom stereocenters. The molecule has 2 amide bonds. The summed E-state index contributed by atoms with van der Waals surface area (Å²) in [5, 5.41) is 13.7. The predicted molar refractivity (Wildman–Crippen MR) is 117 cm³/mol. The van der Waals surface area contributed by atoms with Crippen LogP contribution in [0, 0.1) is 17.0 Å². The van der Waals surface area contributed by atoms with E-state index in [9.17, 15) is 19.7 Å². The summed E-state index contributed by atoms with van der Waals surface area (Å²) in [5.41, 5.74) is 3.78. The van der Waals surface area contributed by atoms with Crippen molar-refractivity contribution in [1.29, 1.82) is 0 Å². The van der Waals surface area contributed by atoms with Crippen LogP contribution in [0.15, 0.2) is 72.8 Å². The molecule has 1 aliphatic rings. The van der Waals surface area contributed by atoms with Crippen molar-refractivity contribution in [2.24, 2.45) is 0 Å². The molecule has 3 aromatic rings. The summed E-state index contributed by atoms with van der Waals surface area (Å²) in [7, 11) is 0. The number of nitrogens with one attached hydrogen (secondary N) is 1. The zero-order valence-corrected chi connectivity index (χ0v) is 16.9. The molecule has 1 aliphatic heterocycles. The molecule has 4 rings (SSSR count). The Bertz CT molecular complexity index is 1160. The molecule has 0 aromatic heterocycles. The largest absolute Gasteiger partial charge is 0.327 e. The zero-order chi connectivity index (χ0) is 22.0. The van der Waals surface area contributed by atoms with Crippen molar-refractivity contribution in [3.8, 4) is 0 Å². The van der Waals surface area contributed by atoms with Crippen LogP contribution in [0.5, 0.6) is 0 Å². The predicted octanol–water partition coefficient (Wildman–Crippen LogP) is 4.63. The third-order valence-corrected chi connectivity index (χ3v) is 5.41. The summed E-state index contributed by atoms with van der Waals surface area (Å²) in [6.07, 6.45) is 0.0332. The maximum absolute atomic E-state index is 13.1. The summed E-state index contributed by atoms with van der Waals surface area (Å²) in [6, 6.07) is 20.5. The van der Waals surface area contributed by atoms with Gasteiger partial charge in [0.25, 0.3) is 11.6 Å². The van der Waals surface area contributed by atoms with E-state index in [1.165, 1.54) is 18.2 Å². The van der Waals surface area contributed by atoms with Crippen molar-refractivity contribution in [1.82, 2.24) is 4.90 Å². The van der Waals surface area contributed by atoms with E-state index in [1.807, 2.05) is 49.4 Å². The first-order valence-corrected chi connectivity index (χ1v) is 9.92. The van der Waals surface area contributed by atoms with E-state index in [2.05, 4.69) is 5.32 Å². The summed E-state index contributed by atoms with van der Waals surface area (Å²) in [5.74, 6) is -0.431. The molecule has 7 heteroatoms.